The molecule has 0 unspecified atom stereocenters. The third-order valence-corrected chi connectivity index (χ3v) is 7.42. The van der Waals surface area contributed by atoms with Crippen LogP contribution >= 0.6 is 0 Å². The number of nitro groups is 1. The van der Waals surface area contributed by atoms with Crippen molar-refractivity contribution in [3.63, 3.8) is 0 Å². The van der Waals surface area contributed by atoms with E-state index in [-0.39, 0.29) is 22.7 Å². The fourth-order valence-corrected chi connectivity index (χ4v) is 5.78. The Morgan fingerprint density at radius 3 is 2.08 bits per heavy atom. The summed E-state index contributed by atoms with van der Waals surface area (Å²) >= 11 is 0. The average Bonchev–Trinajstić information content (AvgIpc) is 2.91. The molecule has 2 aliphatic heterocycles. The molecule has 4 aromatic carbocycles. The van der Waals surface area contributed by atoms with E-state index in [2.05, 4.69) is 84.6 Å². The summed E-state index contributed by atoms with van der Waals surface area (Å²) in [6.07, 6.45) is 4.01. The van der Waals surface area contributed by atoms with Gasteiger partial charge in [-0.2, -0.15) is 0 Å². The van der Waals surface area contributed by atoms with Crippen molar-refractivity contribution in [1.82, 2.24) is 4.90 Å². The summed E-state index contributed by atoms with van der Waals surface area (Å²) < 4.78 is 0. The number of nitrogens with zero attached hydrogens (tertiary/aromatic N) is 3. The summed E-state index contributed by atoms with van der Waals surface area (Å²) in [5, 5.41) is 11.7. The van der Waals surface area contributed by atoms with Crippen LogP contribution in [0.2, 0.25) is 0 Å². The Kier molecular flexibility index (Phi) is 5.26. The molecule has 2 heterocycles. The minimum atomic E-state index is -0.523. The first-order valence-corrected chi connectivity index (χ1v) is 12.1. The van der Waals surface area contributed by atoms with Crippen LogP contribution in [-0.4, -0.2) is 21.7 Å². The molecule has 2 atom stereocenters. The predicted octanol–water partition coefficient (Wildman–Crippen LogP) is 7.08. The SMILES string of the molecule is C[C@@H]1c2ccccc2N=C2N1[C@H](/C=C/c1ccccc1[N+](=O)[O-])C2(c1ccccc1)c1ccccc1. The summed E-state index contributed by atoms with van der Waals surface area (Å²) in [7, 11) is 0. The topological polar surface area (TPSA) is 58.7 Å². The van der Waals surface area contributed by atoms with Crippen molar-refractivity contribution < 1.29 is 4.92 Å². The highest BCUT2D eigenvalue weighted by Gasteiger charge is 2.61. The molecule has 0 bridgehead atoms. The molecule has 5 nitrogen and oxygen atoms in total. The maximum atomic E-state index is 11.7. The van der Waals surface area contributed by atoms with Crippen LogP contribution in [0.5, 0.6) is 0 Å². The van der Waals surface area contributed by atoms with E-state index < -0.39 is 5.41 Å². The molecular formula is C31H25N3O2. The van der Waals surface area contributed by atoms with Gasteiger partial charge in [0.25, 0.3) is 5.69 Å². The van der Waals surface area contributed by atoms with E-state index in [9.17, 15) is 10.1 Å². The number of rotatable bonds is 5. The number of nitro benzene ring substituents is 1. The van der Waals surface area contributed by atoms with E-state index in [1.54, 1.807) is 18.2 Å². The van der Waals surface area contributed by atoms with Crippen molar-refractivity contribution in [1.29, 1.82) is 0 Å². The van der Waals surface area contributed by atoms with Crippen molar-refractivity contribution in [2.24, 2.45) is 4.99 Å². The first-order chi connectivity index (χ1) is 17.6. The molecule has 0 aliphatic carbocycles. The van der Waals surface area contributed by atoms with Gasteiger partial charge >= 0.3 is 0 Å². The maximum absolute atomic E-state index is 11.7. The quantitative estimate of drug-likeness (QED) is 0.231. The number of benzene rings is 4. The van der Waals surface area contributed by atoms with Crippen LogP contribution in [-0.2, 0) is 5.41 Å². The van der Waals surface area contributed by atoms with Gasteiger partial charge < -0.3 is 4.90 Å². The van der Waals surface area contributed by atoms with Gasteiger partial charge in [-0.25, -0.2) is 4.99 Å². The number of fused-ring (bicyclic) bond motifs is 2. The maximum Gasteiger partial charge on any atom is 0.276 e. The van der Waals surface area contributed by atoms with Crippen LogP contribution in [0.3, 0.4) is 0 Å². The second-order valence-electron chi connectivity index (χ2n) is 9.24. The molecule has 1 saturated heterocycles. The fraction of sp³-hybridized carbons (Fsp3) is 0.129. The molecule has 0 N–H and O–H groups in total. The Hall–Kier alpha value is -4.51. The van der Waals surface area contributed by atoms with E-state index >= 15 is 0 Å². The molecule has 0 aromatic heterocycles. The molecule has 2 aliphatic rings. The number of amidine groups is 1. The molecule has 0 radical (unpaired) electrons. The third-order valence-electron chi connectivity index (χ3n) is 7.42. The van der Waals surface area contributed by atoms with Crippen LogP contribution in [0.1, 0.15) is 35.2 Å². The molecule has 0 spiro atoms. The lowest BCUT2D eigenvalue weighted by atomic mass is 9.59. The number of para-hydroxylation sites is 2. The Balaban J connectivity index is 1.59. The van der Waals surface area contributed by atoms with Crippen LogP contribution in [0.15, 0.2) is 120 Å². The zero-order valence-electron chi connectivity index (χ0n) is 19.9. The van der Waals surface area contributed by atoms with Crippen LogP contribution < -0.4 is 0 Å². The van der Waals surface area contributed by atoms with Crippen molar-refractivity contribution in [2.75, 3.05) is 0 Å². The van der Waals surface area contributed by atoms with Crippen molar-refractivity contribution in [3.8, 4) is 0 Å². The molecular weight excluding hydrogens is 446 g/mol. The second-order valence-corrected chi connectivity index (χ2v) is 9.24. The normalized spacial score (nSPS) is 19.7. The first-order valence-electron chi connectivity index (χ1n) is 12.1. The number of aliphatic imine (C=N–C) groups is 1. The Morgan fingerprint density at radius 2 is 1.42 bits per heavy atom. The predicted molar refractivity (Wildman–Crippen MR) is 143 cm³/mol. The molecule has 176 valence electrons. The van der Waals surface area contributed by atoms with E-state index in [4.69, 9.17) is 4.99 Å². The summed E-state index contributed by atoms with van der Waals surface area (Å²) in [4.78, 5) is 18.9. The van der Waals surface area contributed by atoms with Gasteiger partial charge in [0.05, 0.1) is 28.3 Å². The lowest BCUT2D eigenvalue weighted by Crippen LogP contribution is -2.72. The molecule has 1 fully saturated rings. The Morgan fingerprint density at radius 1 is 0.833 bits per heavy atom. The van der Waals surface area contributed by atoms with Crippen molar-refractivity contribution >= 4 is 23.3 Å². The van der Waals surface area contributed by atoms with Gasteiger partial charge in [-0.1, -0.05) is 97.1 Å². The summed E-state index contributed by atoms with van der Waals surface area (Å²) in [5.74, 6) is 1.00. The highest BCUT2D eigenvalue weighted by Crippen LogP contribution is 2.55. The Bertz CT molecular complexity index is 1460. The summed E-state index contributed by atoms with van der Waals surface area (Å²) in [5.41, 5.74) is 4.64. The number of hydrogen-bond acceptors (Lipinski definition) is 4. The highest BCUT2D eigenvalue weighted by atomic mass is 16.6. The number of hydrogen-bond donors (Lipinski definition) is 0. The zero-order valence-corrected chi connectivity index (χ0v) is 19.9. The van der Waals surface area contributed by atoms with Gasteiger partial charge in [-0.05, 0) is 36.3 Å². The van der Waals surface area contributed by atoms with E-state index in [1.165, 1.54) is 5.56 Å². The van der Waals surface area contributed by atoms with Crippen molar-refractivity contribution in [2.45, 2.75) is 24.4 Å². The van der Waals surface area contributed by atoms with Gasteiger partial charge in [-0.3, -0.25) is 10.1 Å². The smallest absolute Gasteiger partial charge is 0.276 e. The minimum Gasteiger partial charge on any atom is -0.344 e. The first kappa shape index (κ1) is 22.0. The molecule has 36 heavy (non-hydrogen) atoms. The standard InChI is InChI=1S/C31H25N3O2/c1-22-26-17-9-10-18-27(26)32-30-31(24-13-4-2-5-14-24,25-15-6-3-7-16-25)29(33(22)30)21-20-23-12-8-11-19-28(23)34(35)36/h2-22,29H,1H3/b21-20+/t22-,29-/m1/s1. The van der Waals surface area contributed by atoms with Gasteiger partial charge in [0.1, 0.15) is 11.3 Å². The van der Waals surface area contributed by atoms with Crippen molar-refractivity contribution in [3.05, 3.63) is 148 Å². The zero-order chi connectivity index (χ0) is 24.7. The fourth-order valence-electron chi connectivity index (χ4n) is 5.78. The van der Waals surface area contributed by atoms with Gasteiger partial charge in [0.15, 0.2) is 0 Å². The van der Waals surface area contributed by atoms with Gasteiger partial charge in [0, 0.05) is 11.6 Å². The summed E-state index contributed by atoms with van der Waals surface area (Å²) in [6, 6.07) is 36.1. The van der Waals surface area contributed by atoms with Crippen LogP contribution in [0.25, 0.3) is 6.08 Å². The van der Waals surface area contributed by atoms with Gasteiger partial charge in [0.2, 0.25) is 0 Å². The molecule has 0 saturated carbocycles. The monoisotopic (exact) mass is 471 g/mol. The minimum absolute atomic E-state index is 0.0933. The lowest BCUT2D eigenvalue weighted by Gasteiger charge is -2.62. The van der Waals surface area contributed by atoms with E-state index in [0.717, 1.165) is 22.6 Å². The van der Waals surface area contributed by atoms with E-state index in [0.29, 0.717) is 5.56 Å². The van der Waals surface area contributed by atoms with Gasteiger partial charge in [-0.15, -0.1) is 0 Å². The van der Waals surface area contributed by atoms with Crippen LogP contribution in [0, 0.1) is 10.1 Å². The molecule has 6 rings (SSSR count). The molecule has 4 aromatic rings. The van der Waals surface area contributed by atoms with Crippen LogP contribution in [0.4, 0.5) is 11.4 Å². The Labute approximate surface area is 210 Å². The third kappa shape index (κ3) is 3.20. The van der Waals surface area contributed by atoms with E-state index in [1.807, 2.05) is 30.3 Å². The lowest BCUT2D eigenvalue weighted by molar-refractivity contribution is -0.385. The molecule has 5 heteroatoms. The molecule has 0 amide bonds. The second kappa shape index (κ2) is 8.61. The average molecular weight is 472 g/mol. The largest absolute Gasteiger partial charge is 0.344 e. The summed E-state index contributed by atoms with van der Waals surface area (Å²) in [6.45, 7) is 2.21. The highest BCUT2D eigenvalue weighted by molar-refractivity contribution is 6.07.